The number of halogens is 2. The number of hydrogen-bond acceptors (Lipinski definition) is 17. The average Bonchev–Trinajstić information content (AvgIpc) is 1.96. The molecule has 492 valence electrons. The molecule has 27 heteroatoms. The van der Waals surface area contributed by atoms with Crippen LogP contribution in [0.25, 0.3) is 10.8 Å². The summed E-state index contributed by atoms with van der Waals surface area (Å²) < 4.78 is 42.0. The summed E-state index contributed by atoms with van der Waals surface area (Å²) in [5.74, 6) is -5.65. The number of quaternary nitrogens is 1. The topological polar surface area (TPSA) is 366 Å². The van der Waals surface area contributed by atoms with E-state index in [0.717, 1.165) is 67.3 Å². The summed E-state index contributed by atoms with van der Waals surface area (Å²) >= 11 is 0. The maximum atomic E-state index is 15.0. The average molecular weight is 1270 g/mol. The van der Waals surface area contributed by atoms with Crippen LogP contribution in [0.1, 0.15) is 99.4 Å². The minimum Gasteiger partial charge on any atom is -0.508 e. The van der Waals surface area contributed by atoms with Crippen LogP contribution in [-0.2, 0) is 33.5 Å². The first-order valence-electron chi connectivity index (χ1n) is 30.4. The second kappa shape index (κ2) is 29.6. The third-order valence-corrected chi connectivity index (χ3v) is 17.4. The number of likely N-dealkylation sites (N-methyl/N-ethyl adjacent to an activating group) is 1. The van der Waals surface area contributed by atoms with E-state index in [4.69, 9.17) is 9.47 Å². The van der Waals surface area contributed by atoms with Crippen molar-refractivity contribution >= 4 is 52.1 Å². The number of nitrogens with one attached hydrogen (secondary N) is 5. The van der Waals surface area contributed by atoms with Gasteiger partial charge in [-0.05, 0) is 79.1 Å². The molecule has 4 saturated heterocycles. The molecule has 0 aromatic heterocycles. The number of aliphatic hydroxyl groups is 7. The molecule has 0 saturated carbocycles. The molecule has 1 unspecified atom stereocenters. The van der Waals surface area contributed by atoms with Crippen molar-refractivity contribution in [3.05, 3.63) is 107 Å². The van der Waals surface area contributed by atoms with E-state index >= 15 is 4.39 Å². The molecule has 4 fully saturated rings. The molecule has 16 atom stereocenters. The molecular formula is C64H81F2N8O17+. The standard InChI is InChI=1S/C64H80F2N8O17/c1-7-8-22-90-49-27-44(65)39(25-45(49)66)14-12-35-11-13-38-24-40(16-15-37(38)23-35)57(83)67-46-28-48(79)62(91-31-41-10-9-21-74(41,5)6)71-61(87)53-54(80)32(2)29-73(53)64(89)51(34(4)76)69-60(86)52(56(82)55(81)36-17-19-42(77)20-18-36)70-59(85)47-26-43(78)30-72(47)63(88)50(33(3)75)68-58(46)84/h11,13,15-20,23-25,27,32-34,41,43,46-48,50-56,62,75-76,78-82H,7-10,21-22,26,28-31H2,1-6H3,(H5-,67,68,69,70,71,77,83,84,85,86,87)/p+1/t32-,33+,34+,41?,43+,46-,47-,48+,50-,51-,52-,53-,54-,55-,56-,62+/m0/s1. The number of phenolic OH excluding ortho intramolecular Hbond substituents is 1. The van der Waals surface area contributed by atoms with Crippen LogP contribution in [0.15, 0.2) is 72.8 Å². The molecule has 0 bridgehead atoms. The number of phenols is 1. The van der Waals surface area contributed by atoms with Gasteiger partial charge in [0.05, 0.1) is 57.2 Å². The van der Waals surface area contributed by atoms with Gasteiger partial charge in [0.15, 0.2) is 17.8 Å². The van der Waals surface area contributed by atoms with Crippen LogP contribution in [0.3, 0.4) is 0 Å². The molecule has 8 rings (SSSR count). The van der Waals surface area contributed by atoms with Crippen molar-refractivity contribution in [1.82, 2.24) is 36.4 Å². The van der Waals surface area contributed by atoms with Gasteiger partial charge in [0.2, 0.25) is 35.4 Å². The third kappa shape index (κ3) is 16.2. The Hall–Kier alpha value is -7.91. The van der Waals surface area contributed by atoms with Gasteiger partial charge in [-0.25, -0.2) is 8.78 Å². The fourth-order valence-electron chi connectivity index (χ4n) is 11.8. The van der Waals surface area contributed by atoms with E-state index in [1.807, 2.05) is 21.0 Å². The van der Waals surface area contributed by atoms with Crippen LogP contribution in [0.2, 0.25) is 0 Å². The Bertz CT molecular complexity index is 3400. The maximum absolute atomic E-state index is 15.0. The summed E-state index contributed by atoms with van der Waals surface area (Å²) in [5, 5.41) is 104. The van der Waals surface area contributed by atoms with Crippen LogP contribution in [0.5, 0.6) is 11.5 Å². The van der Waals surface area contributed by atoms with Gasteiger partial charge in [-0.15, -0.1) is 0 Å². The molecule has 4 aromatic carbocycles. The molecule has 4 aliphatic heterocycles. The number of amides is 7. The van der Waals surface area contributed by atoms with Crippen LogP contribution in [0.4, 0.5) is 8.78 Å². The Balaban J connectivity index is 1.16. The monoisotopic (exact) mass is 1270 g/mol. The minimum absolute atomic E-state index is 0.0447. The highest BCUT2D eigenvalue weighted by Crippen LogP contribution is 2.30. The molecule has 13 N–H and O–H groups in total. The molecule has 7 amide bonds. The molecule has 4 aliphatic rings. The number of nitrogens with zero attached hydrogens (tertiary/aromatic N) is 3. The zero-order valence-corrected chi connectivity index (χ0v) is 51.3. The van der Waals surface area contributed by atoms with Gasteiger partial charge in [0.1, 0.15) is 78.8 Å². The molecule has 4 heterocycles. The van der Waals surface area contributed by atoms with E-state index in [0.29, 0.717) is 33.7 Å². The largest absolute Gasteiger partial charge is 0.508 e. The summed E-state index contributed by atoms with van der Waals surface area (Å²) in [4.78, 5) is 105. The quantitative estimate of drug-likeness (QED) is 0.0428. The van der Waals surface area contributed by atoms with Crippen molar-refractivity contribution < 1.29 is 97.2 Å². The van der Waals surface area contributed by atoms with E-state index < -0.39 is 163 Å². The highest BCUT2D eigenvalue weighted by atomic mass is 19.1. The predicted octanol–water partition coefficient (Wildman–Crippen LogP) is -0.557. The van der Waals surface area contributed by atoms with E-state index in [9.17, 15) is 78.8 Å². The Morgan fingerprint density at radius 2 is 1.41 bits per heavy atom. The first-order valence-corrected chi connectivity index (χ1v) is 30.4. The second-order valence-corrected chi connectivity index (χ2v) is 24.6. The van der Waals surface area contributed by atoms with Gasteiger partial charge >= 0.3 is 0 Å². The van der Waals surface area contributed by atoms with Crippen molar-refractivity contribution in [3.8, 4) is 23.3 Å². The summed E-state index contributed by atoms with van der Waals surface area (Å²) in [6, 6.07) is 3.91. The highest BCUT2D eigenvalue weighted by Gasteiger charge is 2.51. The van der Waals surface area contributed by atoms with Crippen molar-refractivity contribution in [3.63, 3.8) is 0 Å². The number of likely N-dealkylation sites (tertiary alicyclic amines) is 1. The van der Waals surface area contributed by atoms with Gasteiger partial charge < -0.3 is 91.2 Å². The Labute approximate surface area is 524 Å². The van der Waals surface area contributed by atoms with Crippen LogP contribution in [0, 0.1) is 29.4 Å². The fourth-order valence-corrected chi connectivity index (χ4v) is 11.8. The number of rotatable bonds is 14. The van der Waals surface area contributed by atoms with Gasteiger partial charge in [0, 0.05) is 61.9 Å². The van der Waals surface area contributed by atoms with Crippen molar-refractivity contribution in [2.45, 2.75) is 157 Å². The van der Waals surface area contributed by atoms with Crippen LogP contribution >= 0.6 is 0 Å². The number of aliphatic hydroxyl groups excluding tert-OH is 7. The number of fused-ring (bicyclic) bond motifs is 3. The van der Waals surface area contributed by atoms with E-state index in [-0.39, 0.29) is 54.0 Å². The van der Waals surface area contributed by atoms with E-state index in [2.05, 4.69) is 38.4 Å². The van der Waals surface area contributed by atoms with Gasteiger partial charge in [-0.2, -0.15) is 0 Å². The normalized spacial score (nSPS) is 28.2. The minimum atomic E-state index is -2.31. The molecule has 0 spiro atoms. The Morgan fingerprint density at radius 1 is 0.758 bits per heavy atom. The smallest absolute Gasteiger partial charge is 0.251 e. The summed E-state index contributed by atoms with van der Waals surface area (Å²) in [6.07, 6.45) is -13.2. The summed E-state index contributed by atoms with van der Waals surface area (Å²) in [5.41, 5.74) is 0.0586. The summed E-state index contributed by atoms with van der Waals surface area (Å²) in [7, 11) is 3.91. The predicted molar refractivity (Wildman–Crippen MR) is 321 cm³/mol. The number of benzene rings is 4. The SMILES string of the molecule is CCCCOc1cc(F)c(C#Cc2ccc3cc(C(=O)N[C@H]4C[C@@H](O)[C@@H](OCC5CCC[N+]5(C)C)NC(=O)[C@@H]5[C@@H](O)[C@@H](C)CN5C(=O)[C@H]([C@@H](C)O)NC(=O)[C@H]([C@H](O)[C@@H](O)c5ccc(O)cc5)NC(=O)[C@@H]5C[C@@H](O)CN5C(=O)[C@H]([C@@H](C)O)NC4=O)ccc3c2)cc1F. The first-order chi connectivity index (χ1) is 43.1. The van der Waals surface area contributed by atoms with Crippen molar-refractivity contribution in [2.24, 2.45) is 5.92 Å². The third-order valence-electron chi connectivity index (χ3n) is 17.4. The Kier molecular flexibility index (Phi) is 22.4. The number of carbonyl (C=O) groups excluding carboxylic acids is 7. The Morgan fingerprint density at radius 3 is 2.07 bits per heavy atom. The van der Waals surface area contributed by atoms with E-state index in [1.54, 1.807) is 24.3 Å². The lowest BCUT2D eigenvalue weighted by molar-refractivity contribution is -0.902. The lowest BCUT2D eigenvalue weighted by Gasteiger charge is -2.35. The number of carbonyl (C=O) groups is 7. The number of aromatic hydroxyl groups is 1. The van der Waals surface area contributed by atoms with Gasteiger partial charge in [0.25, 0.3) is 5.91 Å². The zero-order chi connectivity index (χ0) is 66.3. The fraction of sp³-hybridized carbons (Fsp3) is 0.516. The molecule has 0 aliphatic carbocycles. The molecular weight excluding hydrogens is 1190 g/mol. The van der Waals surface area contributed by atoms with Gasteiger partial charge in [-0.3, -0.25) is 33.6 Å². The zero-order valence-electron chi connectivity index (χ0n) is 51.3. The first kappa shape index (κ1) is 69.0. The van der Waals surface area contributed by atoms with Crippen LogP contribution in [-0.4, -0.2) is 229 Å². The van der Waals surface area contributed by atoms with E-state index in [1.165, 1.54) is 31.2 Å². The number of hydrogen-bond donors (Lipinski definition) is 13. The molecule has 4 aromatic rings. The highest BCUT2D eigenvalue weighted by molar-refractivity contribution is 6.02. The maximum Gasteiger partial charge on any atom is 0.251 e. The lowest BCUT2D eigenvalue weighted by atomic mass is 9.96. The number of ether oxygens (including phenoxy) is 2. The number of unbranched alkanes of at least 4 members (excludes halogenated alkanes) is 1. The van der Waals surface area contributed by atoms with Crippen LogP contribution < -0.4 is 31.3 Å². The summed E-state index contributed by atoms with van der Waals surface area (Å²) in [6.45, 7) is 5.56. The van der Waals surface area contributed by atoms with Crippen molar-refractivity contribution in [2.75, 3.05) is 46.9 Å². The van der Waals surface area contributed by atoms with Gasteiger partial charge in [-0.1, -0.05) is 56.4 Å². The molecule has 25 nitrogen and oxygen atoms in total. The van der Waals surface area contributed by atoms with Crippen molar-refractivity contribution in [1.29, 1.82) is 0 Å². The second-order valence-electron chi connectivity index (χ2n) is 24.6. The lowest BCUT2D eigenvalue weighted by Crippen LogP contribution is -2.64. The molecule has 91 heavy (non-hydrogen) atoms. The molecule has 0 radical (unpaired) electrons.